The van der Waals surface area contributed by atoms with Crippen LogP contribution in [0.4, 0.5) is 10.5 Å². The van der Waals surface area contributed by atoms with Gasteiger partial charge in [0.25, 0.3) is 5.91 Å². The first kappa shape index (κ1) is 11.3. The Morgan fingerprint density at radius 3 is 2.42 bits per heavy atom. The van der Waals surface area contributed by atoms with Gasteiger partial charge in [0, 0.05) is 0 Å². The molecule has 1 saturated heterocycles. The van der Waals surface area contributed by atoms with Crippen molar-refractivity contribution < 1.29 is 9.59 Å². The van der Waals surface area contributed by atoms with Crippen LogP contribution in [0.3, 0.4) is 0 Å². The highest BCUT2D eigenvalue weighted by Gasteiger charge is 2.38. The van der Waals surface area contributed by atoms with E-state index in [9.17, 15) is 14.5 Å². The zero-order chi connectivity index (χ0) is 13.4. The minimum atomic E-state index is -0.713. The molecule has 2 aromatic carbocycles. The molecule has 1 heterocycles. The summed E-state index contributed by atoms with van der Waals surface area (Å²) in [6.45, 7) is -0.310. The van der Waals surface area contributed by atoms with Crippen LogP contribution in [0, 0.1) is 4.91 Å². The normalized spacial score (nSPS) is 15.4. The first-order valence-electron chi connectivity index (χ1n) is 5.67. The van der Waals surface area contributed by atoms with Crippen molar-refractivity contribution in [3.05, 3.63) is 47.4 Å². The third kappa shape index (κ3) is 1.74. The number of carbonyl (C=O) groups is 2. The summed E-state index contributed by atoms with van der Waals surface area (Å²) in [5.41, 5.74) is 0.444. The molecule has 0 bridgehead atoms. The Morgan fingerprint density at radius 1 is 1.00 bits per heavy atom. The number of anilines is 1. The van der Waals surface area contributed by atoms with Crippen molar-refractivity contribution in [2.75, 3.05) is 11.4 Å². The van der Waals surface area contributed by atoms with E-state index in [2.05, 4.69) is 5.29 Å². The van der Waals surface area contributed by atoms with Crippen LogP contribution in [0.15, 0.2) is 47.8 Å². The smallest absolute Gasteiger partial charge is 0.272 e. The molecule has 6 nitrogen and oxygen atoms in total. The first-order chi connectivity index (χ1) is 9.20. The standard InChI is InChI=1S/C13H9N3O3/c17-12-8-15(14-19)13(18)16(12)11-6-5-9-3-1-2-4-10(9)7-11/h1-7H,8H2. The quantitative estimate of drug-likeness (QED) is 0.610. The SMILES string of the molecule is O=NN1CC(=O)N(c2ccc3ccccc3c2)C1=O. The number of imide groups is 1. The summed E-state index contributed by atoms with van der Waals surface area (Å²) in [6.07, 6.45) is 0. The lowest BCUT2D eigenvalue weighted by Crippen LogP contribution is -2.30. The van der Waals surface area contributed by atoms with Gasteiger partial charge in [-0.15, -0.1) is 4.91 Å². The maximum atomic E-state index is 11.8. The minimum Gasteiger partial charge on any atom is -0.272 e. The number of nitroso groups, excluding NO2 is 1. The number of urea groups is 1. The maximum absolute atomic E-state index is 11.8. The molecule has 94 valence electrons. The van der Waals surface area contributed by atoms with Gasteiger partial charge in [-0.25, -0.2) is 9.69 Å². The maximum Gasteiger partial charge on any atom is 0.354 e. The molecule has 0 saturated carbocycles. The van der Waals surface area contributed by atoms with Crippen molar-refractivity contribution in [3.63, 3.8) is 0 Å². The van der Waals surface area contributed by atoms with Crippen molar-refractivity contribution in [2.24, 2.45) is 5.29 Å². The number of benzene rings is 2. The van der Waals surface area contributed by atoms with Crippen LogP contribution in [-0.2, 0) is 4.79 Å². The van der Waals surface area contributed by atoms with Crippen molar-refractivity contribution in [1.29, 1.82) is 0 Å². The van der Waals surface area contributed by atoms with Gasteiger partial charge in [0.05, 0.1) is 11.0 Å². The van der Waals surface area contributed by atoms with Crippen LogP contribution in [0.5, 0.6) is 0 Å². The second kappa shape index (κ2) is 4.16. The van der Waals surface area contributed by atoms with E-state index in [1.165, 1.54) is 0 Å². The van der Waals surface area contributed by atoms with Crippen molar-refractivity contribution in [3.8, 4) is 0 Å². The molecule has 0 atom stereocenters. The lowest BCUT2D eigenvalue weighted by Gasteiger charge is -2.13. The minimum absolute atomic E-state index is 0.310. The number of amides is 3. The van der Waals surface area contributed by atoms with E-state index in [1.54, 1.807) is 12.1 Å². The second-order valence-electron chi connectivity index (χ2n) is 4.18. The third-order valence-electron chi connectivity index (χ3n) is 3.04. The lowest BCUT2D eigenvalue weighted by molar-refractivity contribution is -0.116. The number of hydrogen-bond acceptors (Lipinski definition) is 4. The predicted octanol–water partition coefficient (Wildman–Crippen LogP) is 2.29. The number of nitrogens with zero attached hydrogens (tertiary/aromatic N) is 3. The average molecular weight is 255 g/mol. The monoisotopic (exact) mass is 255 g/mol. The van der Waals surface area contributed by atoms with Crippen LogP contribution >= 0.6 is 0 Å². The van der Waals surface area contributed by atoms with Crippen LogP contribution in [-0.4, -0.2) is 23.5 Å². The molecule has 0 aliphatic carbocycles. The summed E-state index contributed by atoms with van der Waals surface area (Å²) in [5, 5.41) is 5.06. The third-order valence-corrected chi connectivity index (χ3v) is 3.04. The van der Waals surface area contributed by atoms with Gasteiger partial charge in [0.2, 0.25) is 0 Å². The van der Waals surface area contributed by atoms with Gasteiger partial charge in [-0.2, -0.15) is 5.01 Å². The molecule has 19 heavy (non-hydrogen) atoms. The van der Waals surface area contributed by atoms with E-state index in [4.69, 9.17) is 0 Å². The highest BCUT2D eigenvalue weighted by Crippen LogP contribution is 2.25. The molecular formula is C13H9N3O3. The molecule has 2 aromatic rings. The highest BCUT2D eigenvalue weighted by atomic mass is 16.3. The number of rotatable bonds is 2. The molecule has 0 aromatic heterocycles. The summed E-state index contributed by atoms with van der Waals surface area (Å²) in [6, 6.07) is 12.1. The van der Waals surface area contributed by atoms with Gasteiger partial charge < -0.3 is 0 Å². The Bertz CT molecular complexity index is 698. The highest BCUT2D eigenvalue weighted by molar-refractivity contribution is 6.20. The molecule has 0 radical (unpaired) electrons. The van der Waals surface area contributed by atoms with Gasteiger partial charge in [-0.3, -0.25) is 4.79 Å². The Hall–Kier alpha value is -2.76. The Labute approximate surface area is 108 Å². The van der Waals surface area contributed by atoms with Crippen LogP contribution in [0.1, 0.15) is 0 Å². The predicted molar refractivity (Wildman–Crippen MR) is 69.3 cm³/mol. The summed E-state index contributed by atoms with van der Waals surface area (Å²) < 4.78 is 0. The summed E-state index contributed by atoms with van der Waals surface area (Å²) in [4.78, 5) is 35.0. The van der Waals surface area contributed by atoms with E-state index >= 15 is 0 Å². The Morgan fingerprint density at radius 2 is 1.74 bits per heavy atom. The fourth-order valence-electron chi connectivity index (χ4n) is 2.12. The molecule has 0 spiro atoms. The molecule has 1 aliphatic heterocycles. The molecule has 1 aliphatic rings. The topological polar surface area (TPSA) is 70.1 Å². The number of carbonyl (C=O) groups excluding carboxylic acids is 2. The zero-order valence-electron chi connectivity index (χ0n) is 9.81. The van der Waals surface area contributed by atoms with Gasteiger partial charge >= 0.3 is 6.03 Å². The van der Waals surface area contributed by atoms with E-state index in [-0.39, 0.29) is 6.54 Å². The van der Waals surface area contributed by atoms with Gasteiger partial charge in [-0.05, 0) is 22.9 Å². The largest absolute Gasteiger partial charge is 0.354 e. The summed E-state index contributed by atoms with van der Waals surface area (Å²) >= 11 is 0. The summed E-state index contributed by atoms with van der Waals surface area (Å²) in [5.74, 6) is -0.458. The molecule has 0 unspecified atom stereocenters. The van der Waals surface area contributed by atoms with Crippen LogP contribution < -0.4 is 4.90 Å². The van der Waals surface area contributed by atoms with Crippen LogP contribution in [0.25, 0.3) is 10.8 Å². The van der Waals surface area contributed by atoms with Gasteiger partial charge in [0.15, 0.2) is 0 Å². The first-order valence-corrected chi connectivity index (χ1v) is 5.67. The van der Waals surface area contributed by atoms with E-state index < -0.39 is 11.9 Å². The van der Waals surface area contributed by atoms with Crippen molar-refractivity contribution in [2.45, 2.75) is 0 Å². The van der Waals surface area contributed by atoms with Crippen LogP contribution in [0.2, 0.25) is 0 Å². The van der Waals surface area contributed by atoms with E-state index in [0.29, 0.717) is 10.7 Å². The molecular weight excluding hydrogens is 246 g/mol. The lowest BCUT2D eigenvalue weighted by atomic mass is 10.1. The molecule has 1 fully saturated rings. The van der Waals surface area contributed by atoms with Gasteiger partial charge in [0.1, 0.15) is 6.54 Å². The molecule has 3 amide bonds. The van der Waals surface area contributed by atoms with Crippen molar-refractivity contribution >= 4 is 28.4 Å². The zero-order valence-corrected chi connectivity index (χ0v) is 9.81. The van der Waals surface area contributed by atoms with Crippen molar-refractivity contribution in [1.82, 2.24) is 5.01 Å². The van der Waals surface area contributed by atoms with E-state index in [0.717, 1.165) is 15.7 Å². The molecule has 3 rings (SSSR count). The number of hydrogen-bond donors (Lipinski definition) is 0. The summed E-state index contributed by atoms with van der Waals surface area (Å²) in [7, 11) is 0. The van der Waals surface area contributed by atoms with Gasteiger partial charge in [-0.1, -0.05) is 30.3 Å². The number of fused-ring (bicyclic) bond motifs is 1. The Balaban J connectivity index is 2.07. The van der Waals surface area contributed by atoms with E-state index in [1.807, 2.05) is 30.3 Å². The second-order valence-corrected chi connectivity index (χ2v) is 4.18. The average Bonchev–Trinajstić information content (AvgIpc) is 2.73. The molecule has 6 heteroatoms. The Kier molecular flexibility index (Phi) is 2.49. The fraction of sp³-hybridized carbons (Fsp3) is 0.0769. The fourth-order valence-corrected chi connectivity index (χ4v) is 2.12. The molecule has 0 N–H and O–H groups in total.